The van der Waals surface area contributed by atoms with Crippen LogP contribution in [0.25, 0.3) is 5.69 Å². The summed E-state index contributed by atoms with van der Waals surface area (Å²) in [5, 5.41) is 3.44. The standard InChI is InChI=1S/C21H22ClN3O4S/c1-13-10-18(14(2)25(13)17-7-5-6-15(22)11-17)21(26)23-16-8-9-19(20(12-16)29-3)24-30(4,27)28/h5-12,24H,1-4H3,(H,23,26). The molecular weight excluding hydrogens is 426 g/mol. The molecule has 0 bridgehead atoms. The van der Waals surface area contributed by atoms with E-state index in [1.54, 1.807) is 18.2 Å². The van der Waals surface area contributed by atoms with E-state index >= 15 is 0 Å². The van der Waals surface area contributed by atoms with Crippen LogP contribution in [-0.4, -0.2) is 32.3 Å². The Morgan fingerprint density at radius 1 is 1.10 bits per heavy atom. The van der Waals surface area contributed by atoms with Gasteiger partial charge in [0.15, 0.2) is 0 Å². The van der Waals surface area contributed by atoms with Gasteiger partial charge in [-0.05, 0) is 50.2 Å². The van der Waals surface area contributed by atoms with Crippen molar-refractivity contribution in [3.63, 3.8) is 0 Å². The summed E-state index contributed by atoms with van der Waals surface area (Å²) in [6, 6.07) is 13.9. The van der Waals surface area contributed by atoms with Gasteiger partial charge in [-0.25, -0.2) is 8.42 Å². The summed E-state index contributed by atoms with van der Waals surface area (Å²) in [5.74, 6) is 0.00452. The topological polar surface area (TPSA) is 89.4 Å². The number of hydrogen-bond donors (Lipinski definition) is 2. The summed E-state index contributed by atoms with van der Waals surface area (Å²) in [6.07, 6.45) is 1.05. The van der Waals surface area contributed by atoms with E-state index in [-0.39, 0.29) is 11.6 Å². The van der Waals surface area contributed by atoms with Crippen molar-refractivity contribution in [2.75, 3.05) is 23.4 Å². The normalized spacial score (nSPS) is 11.2. The van der Waals surface area contributed by atoms with Gasteiger partial charge >= 0.3 is 0 Å². The summed E-state index contributed by atoms with van der Waals surface area (Å²) in [6.45, 7) is 3.78. The van der Waals surface area contributed by atoms with Gasteiger partial charge in [-0.3, -0.25) is 9.52 Å². The zero-order valence-corrected chi connectivity index (χ0v) is 18.6. The monoisotopic (exact) mass is 447 g/mol. The maximum atomic E-state index is 12.9. The number of aryl methyl sites for hydroxylation is 1. The Morgan fingerprint density at radius 3 is 2.47 bits per heavy atom. The van der Waals surface area contributed by atoms with Gasteiger partial charge in [0.1, 0.15) is 5.75 Å². The third-order valence-corrected chi connectivity index (χ3v) is 5.32. The van der Waals surface area contributed by atoms with E-state index in [1.165, 1.54) is 13.2 Å². The van der Waals surface area contributed by atoms with Crippen LogP contribution in [0.2, 0.25) is 5.02 Å². The van der Waals surface area contributed by atoms with E-state index in [9.17, 15) is 13.2 Å². The van der Waals surface area contributed by atoms with Crippen molar-refractivity contribution in [3.8, 4) is 11.4 Å². The van der Waals surface area contributed by atoms with Crippen molar-refractivity contribution in [3.05, 3.63) is 70.5 Å². The predicted molar refractivity (Wildman–Crippen MR) is 120 cm³/mol. The highest BCUT2D eigenvalue weighted by Crippen LogP contribution is 2.29. The molecule has 0 radical (unpaired) electrons. The Balaban J connectivity index is 1.89. The van der Waals surface area contributed by atoms with Crippen molar-refractivity contribution in [1.29, 1.82) is 0 Å². The molecule has 3 rings (SSSR count). The maximum Gasteiger partial charge on any atom is 0.257 e. The number of anilines is 2. The third kappa shape index (κ3) is 4.77. The molecule has 0 aliphatic carbocycles. The van der Waals surface area contributed by atoms with Gasteiger partial charge in [0.25, 0.3) is 5.91 Å². The molecule has 2 N–H and O–H groups in total. The molecule has 1 aromatic heterocycles. The number of aromatic nitrogens is 1. The number of nitrogens with one attached hydrogen (secondary N) is 2. The van der Waals surface area contributed by atoms with Crippen molar-refractivity contribution >= 4 is 38.9 Å². The van der Waals surface area contributed by atoms with Gasteiger partial charge in [-0.2, -0.15) is 0 Å². The summed E-state index contributed by atoms with van der Waals surface area (Å²) >= 11 is 6.11. The molecule has 3 aromatic rings. The second-order valence-electron chi connectivity index (χ2n) is 6.84. The van der Waals surface area contributed by atoms with E-state index in [0.717, 1.165) is 23.3 Å². The average Bonchev–Trinajstić information content (AvgIpc) is 2.96. The lowest BCUT2D eigenvalue weighted by atomic mass is 10.2. The molecule has 0 atom stereocenters. The molecule has 0 spiro atoms. The van der Waals surface area contributed by atoms with Crippen molar-refractivity contribution in [1.82, 2.24) is 4.57 Å². The number of rotatable bonds is 6. The van der Waals surface area contributed by atoms with Crippen LogP contribution in [0.4, 0.5) is 11.4 Å². The Labute approximate surface area is 180 Å². The largest absolute Gasteiger partial charge is 0.494 e. The fraction of sp³-hybridized carbons (Fsp3) is 0.190. The minimum absolute atomic E-state index is 0.289. The van der Waals surface area contributed by atoms with Gasteiger partial charge in [0, 0.05) is 33.9 Å². The van der Waals surface area contributed by atoms with E-state index in [0.29, 0.717) is 22.0 Å². The lowest BCUT2D eigenvalue weighted by Gasteiger charge is -2.13. The van der Waals surface area contributed by atoms with Crippen LogP contribution in [0.5, 0.6) is 5.75 Å². The number of hydrogen-bond acceptors (Lipinski definition) is 4. The smallest absolute Gasteiger partial charge is 0.257 e. The van der Waals surface area contributed by atoms with Crippen molar-refractivity contribution in [2.24, 2.45) is 0 Å². The molecule has 0 fully saturated rings. The highest BCUT2D eigenvalue weighted by molar-refractivity contribution is 7.92. The second-order valence-corrected chi connectivity index (χ2v) is 9.03. The average molecular weight is 448 g/mol. The van der Waals surface area contributed by atoms with Crippen molar-refractivity contribution in [2.45, 2.75) is 13.8 Å². The van der Waals surface area contributed by atoms with Crippen LogP contribution in [0.1, 0.15) is 21.7 Å². The van der Waals surface area contributed by atoms with Gasteiger partial charge in [0.05, 0.1) is 24.6 Å². The molecule has 2 aromatic carbocycles. The number of benzene rings is 2. The Bertz CT molecular complexity index is 1220. The van der Waals surface area contributed by atoms with Gasteiger partial charge in [-0.15, -0.1) is 0 Å². The summed E-state index contributed by atoms with van der Waals surface area (Å²) in [7, 11) is -2.03. The lowest BCUT2D eigenvalue weighted by Crippen LogP contribution is -2.14. The van der Waals surface area contributed by atoms with Gasteiger partial charge in [-0.1, -0.05) is 17.7 Å². The highest BCUT2D eigenvalue weighted by atomic mass is 35.5. The molecule has 0 unspecified atom stereocenters. The number of nitrogens with zero attached hydrogens (tertiary/aromatic N) is 1. The first-order valence-corrected chi connectivity index (χ1v) is 11.3. The fourth-order valence-corrected chi connectivity index (χ4v) is 4.01. The number of carbonyl (C=O) groups excluding carboxylic acids is 1. The molecule has 1 heterocycles. The molecule has 158 valence electrons. The van der Waals surface area contributed by atoms with Crippen LogP contribution in [0.3, 0.4) is 0 Å². The Morgan fingerprint density at radius 2 is 1.83 bits per heavy atom. The highest BCUT2D eigenvalue weighted by Gasteiger charge is 2.18. The SMILES string of the molecule is COc1cc(NC(=O)c2cc(C)n(-c3cccc(Cl)c3)c2C)ccc1NS(C)(=O)=O. The molecule has 30 heavy (non-hydrogen) atoms. The zero-order valence-electron chi connectivity index (χ0n) is 17.0. The molecular formula is C21H22ClN3O4S. The van der Waals surface area contributed by atoms with E-state index < -0.39 is 10.0 Å². The first-order valence-electron chi connectivity index (χ1n) is 9.01. The molecule has 1 amide bonds. The maximum absolute atomic E-state index is 12.9. The third-order valence-electron chi connectivity index (χ3n) is 4.50. The number of methoxy groups -OCH3 is 1. The number of halogens is 1. The van der Waals surface area contributed by atoms with Gasteiger partial charge < -0.3 is 14.6 Å². The molecule has 0 saturated carbocycles. The second kappa shape index (κ2) is 8.41. The minimum Gasteiger partial charge on any atom is -0.494 e. The van der Waals surface area contributed by atoms with Crippen LogP contribution in [0, 0.1) is 13.8 Å². The lowest BCUT2D eigenvalue weighted by molar-refractivity contribution is 0.102. The number of ether oxygens (including phenoxy) is 1. The quantitative estimate of drug-likeness (QED) is 0.586. The van der Waals surface area contributed by atoms with Crippen LogP contribution >= 0.6 is 11.6 Å². The summed E-state index contributed by atoms with van der Waals surface area (Å²) in [4.78, 5) is 12.9. The molecule has 0 aliphatic heterocycles. The summed E-state index contributed by atoms with van der Waals surface area (Å²) < 4.78 is 32.5. The molecule has 0 aliphatic rings. The van der Waals surface area contributed by atoms with Gasteiger partial charge in [0.2, 0.25) is 10.0 Å². The number of carbonyl (C=O) groups is 1. The van der Waals surface area contributed by atoms with E-state index in [2.05, 4.69) is 10.0 Å². The predicted octanol–water partition coefficient (Wildman–Crippen LogP) is 4.38. The molecule has 7 nitrogen and oxygen atoms in total. The Hall–Kier alpha value is -2.97. The van der Waals surface area contributed by atoms with Crippen LogP contribution in [0.15, 0.2) is 48.5 Å². The Kier molecular flexibility index (Phi) is 6.09. The van der Waals surface area contributed by atoms with Crippen molar-refractivity contribution < 1.29 is 17.9 Å². The van der Waals surface area contributed by atoms with Crippen LogP contribution in [-0.2, 0) is 10.0 Å². The van der Waals surface area contributed by atoms with Crippen LogP contribution < -0.4 is 14.8 Å². The first kappa shape index (κ1) is 21.7. The fourth-order valence-electron chi connectivity index (χ4n) is 3.26. The number of sulfonamides is 1. The molecule has 0 saturated heterocycles. The first-order chi connectivity index (χ1) is 14.1. The van der Waals surface area contributed by atoms with E-state index in [1.807, 2.05) is 42.7 Å². The summed E-state index contributed by atoms with van der Waals surface area (Å²) in [5.41, 5.74) is 3.82. The molecule has 9 heteroatoms. The van der Waals surface area contributed by atoms with E-state index in [4.69, 9.17) is 16.3 Å². The zero-order chi connectivity index (χ0) is 22.1. The number of amides is 1. The minimum atomic E-state index is -3.46.